The van der Waals surface area contributed by atoms with E-state index in [1.807, 2.05) is 52.0 Å². The van der Waals surface area contributed by atoms with Gasteiger partial charge in [0.25, 0.3) is 5.91 Å². The number of imidazole rings is 1. The van der Waals surface area contributed by atoms with Gasteiger partial charge in [-0.3, -0.25) is 10.2 Å². The van der Waals surface area contributed by atoms with Crippen LogP contribution in [0.15, 0.2) is 42.5 Å². The number of aromatic nitrogens is 2. The minimum absolute atomic E-state index is 0.0431. The summed E-state index contributed by atoms with van der Waals surface area (Å²) in [4.78, 5) is 18.2. The van der Waals surface area contributed by atoms with Gasteiger partial charge in [0.15, 0.2) is 0 Å². The molecule has 31 heavy (non-hydrogen) atoms. The summed E-state index contributed by atoms with van der Waals surface area (Å²) < 4.78 is 7.44. The number of morpholine rings is 1. The average molecular weight is 461 g/mol. The van der Waals surface area contributed by atoms with Crippen LogP contribution < -0.4 is 5.43 Å². The van der Waals surface area contributed by atoms with Gasteiger partial charge in [-0.1, -0.05) is 54.7 Å². The van der Waals surface area contributed by atoms with Crippen molar-refractivity contribution in [2.75, 3.05) is 26.3 Å². The van der Waals surface area contributed by atoms with Gasteiger partial charge in [0.2, 0.25) is 0 Å². The first-order valence-corrected chi connectivity index (χ1v) is 11.4. The highest BCUT2D eigenvalue weighted by molar-refractivity contribution is 6.36. The van der Waals surface area contributed by atoms with Crippen LogP contribution in [-0.2, 0) is 16.0 Å². The van der Waals surface area contributed by atoms with Crippen LogP contribution in [0.2, 0.25) is 10.0 Å². The lowest BCUT2D eigenvalue weighted by molar-refractivity contribution is -0.131. The van der Waals surface area contributed by atoms with Crippen molar-refractivity contribution >= 4 is 40.1 Å². The average Bonchev–Trinajstić information content (AvgIpc) is 3.13. The summed E-state index contributed by atoms with van der Waals surface area (Å²) in [7, 11) is 0. The van der Waals surface area contributed by atoms with Gasteiger partial charge in [-0.05, 0) is 36.2 Å². The summed E-state index contributed by atoms with van der Waals surface area (Å²) in [6.45, 7) is 4.67. The van der Waals surface area contributed by atoms with Gasteiger partial charge in [0, 0.05) is 29.6 Å². The summed E-state index contributed by atoms with van der Waals surface area (Å²) in [5.41, 5.74) is 5.67. The molecule has 4 rings (SSSR count). The summed E-state index contributed by atoms with van der Waals surface area (Å²) in [5.74, 6) is 0.727. The Hall–Kier alpha value is -2.12. The van der Waals surface area contributed by atoms with Crippen LogP contribution >= 0.6 is 23.2 Å². The monoisotopic (exact) mass is 460 g/mol. The van der Waals surface area contributed by atoms with Crippen molar-refractivity contribution in [2.24, 2.45) is 0 Å². The van der Waals surface area contributed by atoms with Gasteiger partial charge in [-0.15, -0.1) is 0 Å². The van der Waals surface area contributed by atoms with E-state index in [0.717, 1.165) is 28.8 Å². The first-order valence-electron chi connectivity index (χ1n) is 10.6. The largest absolute Gasteiger partial charge is 0.379 e. The molecule has 1 aromatic heterocycles. The van der Waals surface area contributed by atoms with Crippen LogP contribution in [0.4, 0.5) is 0 Å². The van der Waals surface area contributed by atoms with E-state index in [9.17, 15) is 4.79 Å². The molecule has 0 spiro atoms. The van der Waals surface area contributed by atoms with Crippen molar-refractivity contribution < 1.29 is 9.53 Å². The zero-order valence-corrected chi connectivity index (χ0v) is 19.0. The highest BCUT2D eigenvalue weighted by Gasteiger charge is 2.27. The summed E-state index contributed by atoms with van der Waals surface area (Å²) in [6, 6.07) is 13.0. The van der Waals surface area contributed by atoms with Crippen molar-refractivity contribution in [1.29, 1.82) is 0 Å². The number of para-hydroxylation sites is 2. The van der Waals surface area contributed by atoms with E-state index in [4.69, 9.17) is 32.9 Å². The van der Waals surface area contributed by atoms with Crippen LogP contribution in [0.1, 0.15) is 37.2 Å². The van der Waals surface area contributed by atoms with Crippen molar-refractivity contribution in [1.82, 2.24) is 20.0 Å². The number of halogens is 2. The number of nitrogens with zero attached hydrogens (tertiary/aromatic N) is 3. The van der Waals surface area contributed by atoms with E-state index in [1.54, 1.807) is 0 Å². The van der Waals surface area contributed by atoms with Crippen LogP contribution in [0.5, 0.6) is 0 Å². The first kappa shape index (κ1) is 22.1. The lowest BCUT2D eigenvalue weighted by Gasteiger charge is -2.30. The molecular weight excluding hydrogens is 435 g/mol. The molecule has 1 atom stereocenters. The Kier molecular flexibility index (Phi) is 7.13. The number of nitrogens with one attached hydrogen (secondary N) is 1. The minimum Gasteiger partial charge on any atom is -0.379 e. The fraction of sp³-hybridized carbons (Fsp3) is 0.391. The van der Waals surface area contributed by atoms with Gasteiger partial charge in [-0.2, -0.15) is 0 Å². The smallest absolute Gasteiger partial charge is 0.257 e. The molecular formula is C23H26Cl2N4O2. The maximum atomic E-state index is 13.4. The number of carbonyl (C=O) groups is 1. The van der Waals surface area contributed by atoms with Crippen LogP contribution in [0, 0.1) is 0 Å². The topological polar surface area (TPSA) is 59.4 Å². The fourth-order valence-corrected chi connectivity index (χ4v) is 4.51. The molecule has 0 unspecified atom stereocenters. The van der Waals surface area contributed by atoms with E-state index in [2.05, 4.69) is 12.3 Å². The van der Waals surface area contributed by atoms with Gasteiger partial charge < -0.3 is 9.30 Å². The van der Waals surface area contributed by atoms with Crippen molar-refractivity contribution in [3.05, 3.63) is 63.9 Å². The zero-order valence-electron chi connectivity index (χ0n) is 17.5. The van der Waals surface area contributed by atoms with Crippen LogP contribution in [-0.4, -0.2) is 46.8 Å². The number of hydrazine groups is 1. The Balaban J connectivity index is 1.74. The molecule has 1 N–H and O–H groups in total. The van der Waals surface area contributed by atoms with Crippen LogP contribution in [0.3, 0.4) is 0 Å². The van der Waals surface area contributed by atoms with Gasteiger partial charge in [-0.25, -0.2) is 9.99 Å². The maximum Gasteiger partial charge on any atom is 0.257 e. The number of carbonyl (C=O) groups excluding carboxylic acids is 1. The Labute approximate surface area is 192 Å². The normalized spacial score (nSPS) is 15.8. The molecule has 6 nitrogen and oxygen atoms in total. The van der Waals surface area contributed by atoms with E-state index < -0.39 is 6.04 Å². The Morgan fingerprint density at radius 3 is 2.55 bits per heavy atom. The minimum atomic E-state index is -0.392. The molecule has 1 fully saturated rings. The quantitative estimate of drug-likeness (QED) is 0.557. The summed E-state index contributed by atoms with van der Waals surface area (Å²) in [6.07, 6.45) is 2.00. The highest BCUT2D eigenvalue weighted by Crippen LogP contribution is 2.31. The van der Waals surface area contributed by atoms with Crippen molar-refractivity contribution in [2.45, 2.75) is 32.2 Å². The van der Waals surface area contributed by atoms with Gasteiger partial charge >= 0.3 is 0 Å². The molecule has 0 saturated carbocycles. The van der Waals surface area contributed by atoms with Gasteiger partial charge in [0.1, 0.15) is 11.9 Å². The summed E-state index contributed by atoms with van der Waals surface area (Å²) in [5, 5.41) is 3.12. The maximum absolute atomic E-state index is 13.4. The molecule has 8 heteroatoms. The Morgan fingerprint density at radius 2 is 1.84 bits per heavy atom. The van der Waals surface area contributed by atoms with Crippen molar-refractivity contribution in [3.8, 4) is 0 Å². The third-order valence-electron chi connectivity index (χ3n) is 5.52. The molecule has 164 valence electrons. The lowest BCUT2D eigenvalue weighted by Crippen LogP contribution is -2.50. The second-order valence-electron chi connectivity index (χ2n) is 7.64. The van der Waals surface area contributed by atoms with Gasteiger partial charge in [0.05, 0.1) is 24.2 Å². The number of ether oxygens (including phenoxy) is 1. The number of hydrogen-bond acceptors (Lipinski definition) is 4. The van der Waals surface area contributed by atoms with E-state index in [-0.39, 0.29) is 5.91 Å². The number of fused-ring (bicyclic) bond motifs is 1. The third kappa shape index (κ3) is 4.88. The van der Waals surface area contributed by atoms with E-state index in [0.29, 0.717) is 49.2 Å². The highest BCUT2D eigenvalue weighted by atomic mass is 35.5. The predicted molar refractivity (Wildman–Crippen MR) is 123 cm³/mol. The molecule has 2 heterocycles. The zero-order chi connectivity index (χ0) is 21.8. The molecule has 1 amide bonds. The number of benzene rings is 2. The number of hydrogen-bond donors (Lipinski definition) is 1. The van der Waals surface area contributed by atoms with Crippen molar-refractivity contribution in [3.63, 3.8) is 0 Å². The van der Waals surface area contributed by atoms with Crippen LogP contribution in [0.25, 0.3) is 11.0 Å². The molecule has 1 aliphatic heterocycles. The molecule has 0 aliphatic carbocycles. The lowest BCUT2D eigenvalue weighted by atomic mass is 10.1. The molecule has 1 aliphatic rings. The summed E-state index contributed by atoms with van der Waals surface area (Å²) >= 11 is 12.9. The number of amides is 1. The fourth-order valence-electron chi connectivity index (χ4n) is 3.98. The second-order valence-corrected chi connectivity index (χ2v) is 8.46. The molecule has 0 bridgehead atoms. The first-order chi connectivity index (χ1) is 15.1. The number of rotatable bonds is 7. The SMILES string of the molecule is CCC[C@H](C(=O)NN1CCOCC1)n1c(Cc2c(Cl)cccc2Cl)nc2ccccc21. The molecule has 1 saturated heterocycles. The predicted octanol–water partition coefficient (Wildman–Crippen LogP) is 4.64. The van der Waals surface area contributed by atoms with E-state index in [1.165, 1.54) is 0 Å². The molecule has 0 radical (unpaired) electrons. The Morgan fingerprint density at radius 1 is 1.13 bits per heavy atom. The van der Waals surface area contributed by atoms with E-state index >= 15 is 0 Å². The third-order valence-corrected chi connectivity index (χ3v) is 6.23. The standard InChI is InChI=1S/C23H26Cl2N4O2/c1-2-6-21(23(30)27-28-11-13-31-14-12-28)29-20-10-4-3-9-19(20)26-22(29)15-16-17(24)7-5-8-18(16)25/h3-5,7-10,21H,2,6,11-15H2,1H3,(H,27,30)/t21-/m1/s1. The molecule has 2 aromatic carbocycles. The second kappa shape index (κ2) is 10.0. The molecule has 3 aromatic rings. The Bertz CT molecular complexity index is 1040.